The van der Waals surface area contributed by atoms with E-state index in [0.717, 1.165) is 32.1 Å². The lowest BCUT2D eigenvalue weighted by molar-refractivity contribution is -0.140. The first kappa shape index (κ1) is 24.2. The van der Waals surface area contributed by atoms with Crippen molar-refractivity contribution in [2.75, 3.05) is 6.54 Å². The third kappa shape index (κ3) is 5.28. The van der Waals surface area contributed by atoms with Gasteiger partial charge in [-0.3, -0.25) is 19.1 Å². The molecule has 2 N–H and O–H groups in total. The highest BCUT2D eigenvalue weighted by Crippen LogP contribution is 2.46. The maximum atomic E-state index is 13.3. The molecule has 1 saturated heterocycles. The Balaban J connectivity index is 1.56. The SMILES string of the molecule is CC[C@H]1CC(=O)N2CCC[C@H]2C(=O)N[C@]2(C(=O)NS(=O)(=O)C3CC3)C[C@H]2/C=C\CC[C@@H](C)C1. The van der Waals surface area contributed by atoms with E-state index >= 15 is 0 Å². The quantitative estimate of drug-likeness (QED) is 0.601. The summed E-state index contributed by atoms with van der Waals surface area (Å²) in [5.74, 6) is -0.484. The number of allylic oxidation sites excluding steroid dienone is 1. The fourth-order valence-corrected chi connectivity index (χ4v) is 6.76. The Morgan fingerprint density at radius 3 is 2.70 bits per heavy atom. The predicted octanol–water partition coefficient (Wildman–Crippen LogP) is 2.25. The van der Waals surface area contributed by atoms with Crippen molar-refractivity contribution in [2.24, 2.45) is 17.8 Å². The van der Waals surface area contributed by atoms with E-state index in [2.05, 4.69) is 23.9 Å². The number of carbonyl (C=O) groups is 3. The van der Waals surface area contributed by atoms with Crippen molar-refractivity contribution >= 4 is 27.7 Å². The van der Waals surface area contributed by atoms with Crippen LogP contribution < -0.4 is 10.0 Å². The van der Waals surface area contributed by atoms with Gasteiger partial charge in [0, 0.05) is 18.9 Å². The first-order chi connectivity index (χ1) is 15.7. The summed E-state index contributed by atoms with van der Waals surface area (Å²) in [5, 5.41) is 2.37. The van der Waals surface area contributed by atoms with Crippen molar-refractivity contribution in [2.45, 2.75) is 94.9 Å². The lowest BCUT2D eigenvalue weighted by Gasteiger charge is -2.28. The third-order valence-electron chi connectivity index (χ3n) is 7.81. The third-order valence-corrected chi connectivity index (χ3v) is 9.63. The molecule has 2 aliphatic heterocycles. The average Bonchev–Trinajstić information content (AvgIpc) is 3.67. The molecule has 0 radical (unpaired) electrons. The number of sulfonamides is 1. The number of rotatable bonds is 4. The summed E-state index contributed by atoms with van der Waals surface area (Å²) in [4.78, 5) is 41.2. The van der Waals surface area contributed by atoms with Crippen molar-refractivity contribution < 1.29 is 22.8 Å². The fraction of sp³-hybridized carbons (Fsp3) is 0.792. The average molecular weight is 480 g/mol. The van der Waals surface area contributed by atoms with Crippen LogP contribution in [-0.2, 0) is 24.4 Å². The molecule has 0 aromatic heterocycles. The van der Waals surface area contributed by atoms with E-state index in [4.69, 9.17) is 0 Å². The minimum Gasteiger partial charge on any atom is -0.339 e. The number of hydrogen-bond donors (Lipinski definition) is 2. The highest BCUT2D eigenvalue weighted by Gasteiger charge is 2.61. The Kier molecular flexibility index (Phi) is 6.90. The first-order valence-corrected chi connectivity index (χ1v) is 14.0. The van der Waals surface area contributed by atoms with E-state index in [0.29, 0.717) is 50.5 Å². The van der Waals surface area contributed by atoms with Crippen molar-refractivity contribution in [3.63, 3.8) is 0 Å². The smallest absolute Gasteiger partial charge is 0.259 e. The maximum absolute atomic E-state index is 13.3. The summed E-state index contributed by atoms with van der Waals surface area (Å²) in [5.41, 5.74) is -1.26. The lowest BCUT2D eigenvalue weighted by atomic mass is 9.88. The molecule has 3 amide bonds. The van der Waals surface area contributed by atoms with E-state index in [-0.39, 0.29) is 17.7 Å². The largest absolute Gasteiger partial charge is 0.339 e. The molecule has 2 saturated carbocycles. The molecular weight excluding hydrogens is 442 g/mol. The van der Waals surface area contributed by atoms with Gasteiger partial charge in [0.05, 0.1) is 5.25 Å². The zero-order valence-corrected chi connectivity index (χ0v) is 20.5. The summed E-state index contributed by atoms with van der Waals surface area (Å²) in [6.45, 7) is 4.86. The van der Waals surface area contributed by atoms with E-state index < -0.39 is 32.8 Å². The number of carbonyl (C=O) groups excluding carboxylic acids is 3. The summed E-state index contributed by atoms with van der Waals surface area (Å²) in [7, 11) is -3.71. The Hall–Kier alpha value is -1.90. The van der Waals surface area contributed by atoms with Gasteiger partial charge < -0.3 is 10.2 Å². The van der Waals surface area contributed by atoms with Crippen LogP contribution in [0, 0.1) is 17.8 Å². The summed E-state index contributed by atoms with van der Waals surface area (Å²) >= 11 is 0. The zero-order chi connectivity index (χ0) is 23.8. The van der Waals surface area contributed by atoms with Crippen molar-refractivity contribution in [1.29, 1.82) is 0 Å². The van der Waals surface area contributed by atoms with Gasteiger partial charge in [-0.25, -0.2) is 8.42 Å². The summed E-state index contributed by atoms with van der Waals surface area (Å²) in [6, 6.07) is -0.604. The van der Waals surface area contributed by atoms with Crippen LogP contribution in [0.1, 0.15) is 78.1 Å². The molecule has 8 nitrogen and oxygen atoms in total. The van der Waals surface area contributed by atoms with Crippen LogP contribution in [0.4, 0.5) is 0 Å². The van der Waals surface area contributed by atoms with E-state index in [1.54, 1.807) is 4.90 Å². The van der Waals surface area contributed by atoms with Crippen LogP contribution in [0.25, 0.3) is 0 Å². The molecule has 0 aromatic carbocycles. The highest BCUT2D eigenvalue weighted by atomic mass is 32.2. The van der Waals surface area contributed by atoms with Crippen LogP contribution in [0.5, 0.6) is 0 Å². The highest BCUT2D eigenvalue weighted by molar-refractivity contribution is 7.91. The van der Waals surface area contributed by atoms with Gasteiger partial charge in [0.25, 0.3) is 5.91 Å². The molecule has 9 heteroatoms. The van der Waals surface area contributed by atoms with Crippen molar-refractivity contribution in [3.8, 4) is 0 Å². The maximum Gasteiger partial charge on any atom is 0.259 e. The molecule has 0 bridgehead atoms. The number of nitrogens with zero attached hydrogens (tertiary/aromatic N) is 1. The fourth-order valence-electron chi connectivity index (χ4n) is 5.39. The zero-order valence-electron chi connectivity index (χ0n) is 19.7. The lowest BCUT2D eigenvalue weighted by Crippen LogP contribution is -2.56. The molecule has 5 atom stereocenters. The predicted molar refractivity (Wildman–Crippen MR) is 124 cm³/mol. The standard InChI is InChI=1S/C24H37N3O5S/c1-3-17-13-16(2)7-4-5-8-18-15-24(18,23(30)26-33(31,32)19-10-11-19)25-22(29)20-9-6-12-27(20)21(28)14-17/h5,8,16-20H,3-4,6-7,9-15H2,1-2H3,(H,25,29)(H,26,30)/b8-5-/t16-,17-,18-,20+,24-/m1/s1. The van der Waals surface area contributed by atoms with Gasteiger partial charge in [-0.05, 0) is 63.2 Å². The Morgan fingerprint density at radius 1 is 1.24 bits per heavy atom. The van der Waals surface area contributed by atoms with Gasteiger partial charge in [-0.15, -0.1) is 0 Å². The van der Waals surface area contributed by atoms with E-state index in [1.165, 1.54) is 0 Å². The molecule has 4 rings (SSSR count). The van der Waals surface area contributed by atoms with Crippen LogP contribution in [0.15, 0.2) is 12.2 Å². The molecule has 184 valence electrons. The molecule has 33 heavy (non-hydrogen) atoms. The van der Waals surface area contributed by atoms with Crippen LogP contribution in [0.2, 0.25) is 0 Å². The number of nitrogens with one attached hydrogen (secondary N) is 2. The minimum absolute atomic E-state index is 0.00172. The molecule has 0 aromatic rings. The summed E-state index contributed by atoms with van der Waals surface area (Å²) in [6.07, 6.45) is 11.0. The number of hydrogen-bond acceptors (Lipinski definition) is 5. The molecule has 2 heterocycles. The van der Waals surface area contributed by atoms with E-state index in [9.17, 15) is 22.8 Å². The Bertz CT molecular complexity index is 928. The van der Waals surface area contributed by atoms with Crippen LogP contribution >= 0.6 is 0 Å². The second-order valence-corrected chi connectivity index (χ2v) is 12.5. The second-order valence-electron chi connectivity index (χ2n) is 10.5. The van der Waals surface area contributed by atoms with Crippen LogP contribution in [0.3, 0.4) is 0 Å². The van der Waals surface area contributed by atoms with Gasteiger partial charge in [-0.1, -0.05) is 32.4 Å². The van der Waals surface area contributed by atoms with Gasteiger partial charge in [0.1, 0.15) is 11.6 Å². The molecule has 4 aliphatic rings. The second kappa shape index (κ2) is 9.39. The molecular formula is C24H37N3O5S. The molecule has 2 aliphatic carbocycles. The minimum atomic E-state index is -3.71. The Morgan fingerprint density at radius 2 is 2.00 bits per heavy atom. The molecule has 0 unspecified atom stereocenters. The van der Waals surface area contributed by atoms with E-state index in [1.807, 2.05) is 12.2 Å². The van der Waals surface area contributed by atoms with Gasteiger partial charge in [0.2, 0.25) is 21.8 Å². The number of amides is 3. The monoisotopic (exact) mass is 479 g/mol. The Labute approximate surface area is 197 Å². The van der Waals surface area contributed by atoms with Gasteiger partial charge in [-0.2, -0.15) is 0 Å². The van der Waals surface area contributed by atoms with Gasteiger partial charge in [0.15, 0.2) is 0 Å². The first-order valence-electron chi connectivity index (χ1n) is 12.5. The van der Waals surface area contributed by atoms with Gasteiger partial charge >= 0.3 is 0 Å². The van der Waals surface area contributed by atoms with Crippen molar-refractivity contribution in [1.82, 2.24) is 14.9 Å². The van der Waals surface area contributed by atoms with Crippen LogP contribution in [-0.4, -0.2) is 54.4 Å². The topological polar surface area (TPSA) is 113 Å². The summed E-state index contributed by atoms with van der Waals surface area (Å²) < 4.78 is 27.0. The molecule has 3 fully saturated rings. The molecule has 0 spiro atoms. The number of fused-ring (bicyclic) bond motifs is 2. The normalized spacial score (nSPS) is 36.6. The van der Waals surface area contributed by atoms with Crippen molar-refractivity contribution in [3.05, 3.63) is 12.2 Å².